The number of amides is 2. The lowest BCUT2D eigenvalue weighted by Gasteiger charge is -2.18. The van der Waals surface area contributed by atoms with Crippen molar-refractivity contribution < 1.29 is 14.3 Å². The second kappa shape index (κ2) is 6.23. The molecule has 1 N–H and O–H groups in total. The highest BCUT2D eigenvalue weighted by Gasteiger charge is 2.15. The summed E-state index contributed by atoms with van der Waals surface area (Å²) in [7, 11) is 4.64. The zero-order chi connectivity index (χ0) is 11.1. The molecule has 0 rings (SSSR count). The van der Waals surface area contributed by atoms with Gasteiger partial charge in [-0.3, -0.25) is 4.79 Å². The fraction of sp³-hybridized carbons (Fsp3) is 0.778. The van der Waals surface area contributed by atoms with Crippen LogP contribution in [0.3, 0.4) is 0 Å². The number of urea groups is 1. The largest absolute Gasteiger partial charge is 0.469 e. The summed E-state index contributed by atoms with van der Waals surface area (Å²) in [4.78, 5) is 23.6. The smallest absolute Gasteiger partial charge is 0.317 e. The molecule has 1 atom stereocenters. The van der Waals surface area contributed by atoms with Gasteiger partial charge in [0.25, 0.3) is 0 Å². The summed E-state index contributed by atoms with van der Waals surface area (Å²) in [6.45, 7) is 1.91. The molecule has 2 amide bonds. The molecule has 0 saturated carbocycles. The molecule has 0 heterocycles. The van der Waals surface area contributed by atoms with E-state index in [1.54, 1.807) is 14.1 Å². The molecule has 5 heteroatoms. The van der Waals surface area contributed by atoms with Crippen molar-refractivity contribution in [3.8, 4) is 0 Å². The number of esters is 1. The first-order valence-electron chi connectivity index (χ1n) is 4.55. The number of methoxy groups -OCH3 is 1. The first-order valence-corrected chi connectivity index (χ1v) is 4.55. The van der Waals surface area contributed by atoms with Gasteiger partial charge in [0.05, 0.1) is 13.5 Å². The van der Waals surface area contributed by atoms with Crippen LogP contribution in [0.2, 0.25) is 0 Å². The lowest BCUT2D eigenvalue weighted by molar-refractivity contribution is -0.141. The summed E-state index contributed by atoms with van der Waals surface area (Å²) in [5, 5.41) is 2.72. The molecule has 0 aromatic heterocycles. The van der Waals surface area contributed by atoms with Crippen LogP contribution in [-0.4, -0.2) is 44.1 Å². The minimum atomic E-state index is -0.309. The Kier molecular flexibility index (Phi) is 5.67. The molecule has 0 aliphatic rings. The van der Waals surface area contributed by atoms with Gasteiger partial charge in [0.15, 0.2) is 0 Å². The Labute approximate surface area is 84.4 Å². The molecule has 0 aromatic carbocycles. The first kappa shape index (κ1) is 12.7. The van der Waals surface area contributed by atoms with E-state index in [4.69, 9.17) is 0 Å². The number of hydrogen-bond donors (Lipinski definition) is 1. The van der Waals surface area contributed by atoms with Crippen LogP contribution in [0.4, 0.5) is 4.79 Å². The number of nitrogens with one attached hydrogen (secondary N) is 1. The quantitative estimate of drug-likeness (QED) is 0.679. The Morgan fingerprint density at radius 1 is 1.43 bits per heavy atom. The maximum atomic E-state index is 11.2. The van der Waals surface area contributed by atoms with Gasteiger partial charge in [0.1, 0.15) is 0 Å². The van der Waals surface area contributed by atoms with Crippen LogP contribution in [0.25, 0.3) is 0 Å². The Morgan fingerprint density at radius 3 is 2.36 bits per heavy atom. The molecule has 0 aromatic rings. The minimum Gasteiger partial charge on any atom is -0.469 e. The Bertz CT molecular complexity index is 204. The van der Waals surface area contributed by atoms with Gasteiger partial charge in [-0.05, 0) is 6.42 Å². The zero-order valence-electron chi connectivity index (χ0n) is 9.16. The summed E-state index contributed by atoms with van der Waals surface area (Å²) < 4.78 is 4.52. The maximum Gasteiger partial charge on any atom is 0.317 e. The van der Waals surface area contributed by atoms with Gasteiger partial charge in [-0.1, -0.05) is 6.92 Å². The number of carbonyl (C=O) groups is 2. The van der Waals surface area contributed by atoms with Crippen molar-refractivity contribution in [2.24, 2.45) is 0 Å². The van der Waals surface area contributed by atoms with Crippen LogP contribution < -0.4 is 5.32 Å². The fourth-order valence-electron chi connectivity index (χ4n) is 0.886. The summed E-state index contributed by atoms with van der Waals surface area (Å²) in [5.74, 6) is -0.309. The predicted octanol–water partition coefficient (Wildman–Crippen LogP) is 0.599. The summed E-state index contributed by atoms with van der Waals surface area (Å²) in [6.07, 6.45) is 0.918. The normalized spacial score (nSPS) is 11.7. The van der Waals surface area contributed by atoms with Crippen molar-refractivity contribution in [3.05, 3.63) is 0 Å². The highest BCUT2D eigenvalue weighted by atomic mass is 16.5. The standard InChI is InChI=1S/C9H18N2O3/c1-5-7(6-8(12)14-4)10-9(13)11(2)3/h7H,5-6H2,1-4H3,(H,10,13). The van der Waals surface area contributed by atoms with Gasteiger partial charge in [-0.2, -0.15) is 0 Å². The van der Waals surface area contributed by atoms with Crippen LogP contribution in [-0.2, 0) is 9.53 Å². The molecule has 82 valence electrons. The number of rotatable bonds is 4. The van der Waals surface area contributed by atoms with Gasteiger partial charge >= 0.3 is 12.0 Å². The number of nitrogens with zero attached hydrogens (tertiary/aromatic N) is 1. The van der Waals surface area contributed by atoms with E-state index < -0.39 is 0 Å². The van der Waals surface area contributed by atoms with E-state index in [-0.39, 0.29) is 24.5 Å². The predicted molar refractivity (Wildman–Crippen MR) is 52.9 cm³/mol. The van der Waals surface area contributed by atoms with Gasteiger partial charge in [-0.15, -0.1) is 0 Å². The van der Waals surface area contributed by atoms with Crippen LogP contribution in [0, 0.1) is 0 Å². The van der Waals surface area contributed by atoms with Crippen molar-refractivity contribution >= 4 is 12.0 Å². The molecule has 0 fully saturated rings. The molecule has 5 nitrogen and oxygen atoms in total. The topological polar surface area (TPSA) is 58.6 Å². The summed E-state index contributed by atoms with van der Waals surface area (Å²) in [6, 6.07) is -0.349. The molecule has 1 unspecified atom stereocenters. The van der Waals surface area contributed by atoms with Crippen molar-refractivity contribution in [2.75, 3.05) is 21.2 Å². The van der Waals surface area contributed by atoms with Gasteiger partial charge < -0.3 is 15.0 Å². The molecule has 0 bridgehead atoms. The third-order valence-corrected chi connectivity index (χ3v) is 1.87. The van der Waals surface area contributed by atoms with Crippen molar-refractivity contribution in [3.63, 3.8) is 0 Å². The van der Waals surface area contributed by atoms with E-state index in [1.807, 2.05) is 6.92 Å². The third kappa shape index (κ3) is 4.69. The van der Waals surface area contributed by atoms with E-state index in [0.717, 1.165) is 0 Å². The Hall–Kier alpha value is -1.26. The zero-order valence-corrected chi connectivity index (χ0v) is 9.16. The van der Waals surface area contributed by atoms with Crippen LogP contribution >= 0.6 is 0 Å². The fourth-order valence-corrected chi connectivity index (χ4v) is 0.886. The second-order valence-corrected chi connectivity index (χ2v) is 3.23. The second-order valence-electron chi connectivity index (χ2n) is 3.23. The van der Waals surface area contributed by atoms with Gasteiger partial charge in [-0.25, -0.2) is 4.79 Å². The van der Waals surface area contributed by atoms with E-state index in [9.17, 15) is 9.59 Å². The molecule has 0 spiro atoms. The van der Waals surface area contributed by atoms with Gasteiger partial charge in [0.2, 0.25) is 0 Å². The molecular weight excluding hydrogens is 184 g/mol. The third-order valence-electron chi connectivity index (χ3n) is 1.87. The lowest BCUT2D eigenvalue weighted by atomic mass is 10.1. The van der Waals surface area contributed by atoms with Gasteiger partial charge in [0, 0.05) is 20.1 Å². The number of ether oxygens (including phenoxy) is 1. The minimum absolute atomic E-state index is 0.155. The van der Waals surface area contributed by atoms with E-state index in [2.05, 4.69) is 10.1 Å². The van der Waals surface area contributed by atoms with E-state index in [1.165, 1.54) is 12.0 Å². The van der Waals surface area contributed by atoms with Crippen LogP contribution in [0.5, 0.6) is 0 Å². The Balaban J connectivity index is 4.03. The highest BCUT2D eigenvalue weighted by Crippen LogP contribution is 1.99. The van der Waals surface area contributed by atoms with E-state index in [0.29, 0.717) is 6.42 Å². The molecule has 0 saturated heterocycles. The van der Waals surface area contributed by atoms with Crippen molar-refractivity contribution in [2.45, 2.75) is 25.8 Å². The molecule has 0 radical (unpaired) electrons. The monoisotopic (exact) mass is 202 g/mol. The molecule has 0 aliphatic carbocycles. The SMILES string of the molecule is CCC(CC(=O)OC)NC(=O)N(C)C. The van der Waals surface area contributed by atoms with Crippen LogP contribution in [0.15, 0.2) is 0 Å². The van der Waals surface area contributed by atoms with Crippen molar-refractivity contribution in [1.82, 2.24) is 10.2 Å². The average molecular weight is 202 g/mol. The maximum absolute atomic E-state index is 11.2. The first-order chi connectivity index (χ1) is 6.51. The molecule has 0 aliphatic heterocycles. The number of carbonyl (C=O) groups excluding carboxylic acids is 2. The average Bonchev–Trinajstić information content (AvgIpc) is 2.16. The molecule has 14 heavy (non-hydrogen) atoms. The summed E-state index contributed by atoms with van der Waals surface area (Å²) >= 11 is 0. The van der Waals surface area contributed by atoms with Crippen molar-refractivity contribution in [1.29, 1.82) is 0 Å². The number of hydrogen-bond acceptors (Lipinski definition) is 3. The highest BCUT2D eigenvalue weighted by molar-refractivity contribution is 5.75. The van der Waals surface area contributed by atoms with E-state index >= 15 is 0 Å². The summed E-state index contributed by atoms with van der Waals surface area (Å²) in [5.41, 5.74) is 0. The Morgan fingerprint density at radius 2 is 2.00 bits per heavy atom. The molecular formula is C9H18N2O3. The lowest BCUT2D eigenvalue weighted by Crippen LogP contribution is -2.42. The van der Waals surface area contributed by atoms with Crippen LogP contribution in [0.1, 0.15) is 19.8 Å².